The molecule has 0 saturated carbocycles. The molecular formula is C16H19N5O2. The summed E-state index contributed by atoms with van der Waals surface area (Å²) in [5.41, 5.74) is 1.60. The summed E-state index contributed by atoms with van der Waals surface area (Å²) in [5.74, 6) is 0.409. The highest BCUT2D eigenvalue weighted by atomic mass is 16.6. The molecule has 1 unspecified atom stereocenters. The Hall–Kier alpha value is -2.54. The normalized spacial score (nSPS) is 16.7. The van der Waals surface area contributed by atoms with E-state index in [1.165, 1.54) is 6.20 Å². The zero-order valence-electron chi connectivity index (χ0n) is 12.7. The van der Waals surface area contributed by atoms with Crippen molar-refractivity contribution in [2.45, 2.75) is 18.9 Å². The number of nitrogens with zero attached hydrogens (tertiary/aromatic N) is 3. The highest BCUT2D eigenvalue weighted by Gasteiger charge is 2.27. The molecule has 23 heavy (non-hydrogen) atoms. The summed E-state index contributed by atoms with van der Waals surface area (Å²) in [6, 6.07) is 5.61. The largest absolute Gasteiger partial charge is 0.372 e. The maximum absolute atomic E-state index is 11.2. The van der Waals surface area contributed by atoms with Crippen molar-refractivity contribution in [3.63, 3.8) is 0 Å². The van der Waals surface area contributed by atoms with Gasteiger partial charge >= 0.3 is 5.69 Å². The summed E-state index contributed by atoms with van der Waals surface area (Å²) < 4.78 is 0. The maximum atomic E-state index is 11.2. The van der Waals surface area contributed by atoms with Crippen LogP contribution in [0.3, 0.4) is 0 Å². The van der Waals surface area contributed by atoms with Crippen LogP contribution in [0.4, 0.5) is 11.4 Å². The van der Waals surface area contributed by atoms with E-state index in [4.69, 9.17) is 0 Å². The van der Waals surface area contributed by atoms with Crippen LogP contribution in [0.2, 0.25) is 0 Å². The molecule has 1 fully saturated rings. The van der Waals surface area contributed by atoms with E-state index in [1.807, 2.05) is 12.1 Å². The molecule has 0 amide bonds. The van der Waals surface area contributed by atoms with Gasteiger partial charge in [0.15, 0.2) is 0 Å². The van der Waals surface area contributed by atoms with Crippen LogP contribution >= 0.6 is 0 Å². The van der Waals surface area contributed by atoms with Crippen molar-refractivity contribution in [2.24, 2.45) is 5.92 Å². The molecule has 1 saturated heterocycles. The SMILES string of the molecule is O=[N+]([O-])c1cnccc1NC(c1ccncc1)C1CCNCC1. The van der Waals surface area contributed by atoms with Gasteiger partial charge in [-0.05, 0) is 55.6 Å². The zero-order chi connectivity index (χ0) is 16.1. The van der Waals surface area contributed by atoms with E-state index in [0.717, 1.165) is 31.5 Å². The second-order valence-corrected chi connectivity index (χ2v) is 5.64. The van der Waals surface area contributed by atoms with Gasteiger partial charge in [0.2, 0.25) is 0 Å². The summed E-state index contributed by atoms with van der Waals surface area (Å²) >= 11 is 0. The van der Waals surface area contributed by atoms with Gasteiger partial charge in [-0.1, -0.05) is 0 Å². The Morgan fingerprint density at radius 3 is 2.57 bits per heavy atom. The van der Waals surface area contributed by atoms with Gasteiger partial charge in [0.1, 0.15) is 11.9 Å². The first-order valence-corrected chi connectivity index (χ1v) is 7.71. The van der Waals surface area contributed by atoms with E-state index < -0.39 is 4.92 Å². The van der Waals surface area contributed by atoms with Gasteiger partial charge in [0.25, 0.3) is 0 Å². The predicted octanol–water partition coefficient (Wildman–Crippen LogP) is 2.54. The van der Waals surface area contributed by atoms with Gasteiger partial charge in [-0.2, -0.15) is 0 Å². The minimum Gasteiger partial charge on any atom is -0.372 e. The third kappa shape index (κ3) is 3.62. The summed E-state index contributed by atoms with van der Waals surface area (Å²) in [6.07, 6.45) is 8.42. The lowest BCUT2D eigenvalue weighted by molar-refractivity contribution is -0.384. The Morgan fingerprint density at radius 2 is 1.87 bits per heavy atom. The Bertz CT molecular complexity index is 659. The van der Waals surface area contributed by atoms with E-state index in [2.05, 4.69) is 20.6 Å². The van der Waals surface area contributed by atoms with Crippen LogP contribution in [0.25, 0.3) is 0 Å². The van der Waals surface area contributed by atoms with Crippen molar-refractivity contribution in [3.05, 3.63) is 58.7 Å². The van der Waals surface area contributed by atoms with Crippen LogP contribution in [0, 0.1) is 16.0 Å². The fraction of sp³-hybridized carbons (Fsp3) is 0.375. The number of pyridine rings is 2. The van der Waals surface area contributed by atoms with E-state index >= 15 is 0 Å². The summed E-state index contributed by atoms with van der Waals surface area (Å²) in [7, 11) is 0. The quantitative estimate of drug-likeness (QED) is 0.651. The van der Waals surface area contributed by atoms with Gasteiger partial charge in [0.05, 0.1) is 11.0 Å². The standard InChI is InChI=1S/C16H19N5O2/c22-21(23)15-11-19-10-5-14(15)20-16(12-1-6-17-7-2-12)13-3-8-18-9-4-13/h1-2,5-7,10-11,13,16,18H,3-4,8-9H2,(H,19,20). The first-order chi connectivity index (χ1) is 11.3. The molecule has 0 bridgehead atoms. The van der Waals surface area contributed by atoms with Crippen LogP contribution < -0.4 is 10.6 Å². The summed E-state index contributed by atoms with van der Waals surface area (Å²) in [4.78, 5) is 18.7. The highest BCUT2D eigenvalue weighted by Crippen LogP contribution is 2.34. The van der Waals surface area contributed by atoms with Crippen LogP contribution in [0.15, 0.2) is 43.0 Å². The molecular weight excluding hydrogens is 294 g/mol. The summed E-state index contributed by atoms with van der Waals surface area (Å²) in [6.45, 7) is 1.93. The molecule has 0 aliphatic carbocycles. The van der Waals surface area contributed by atoms with Crippen molar-refractivity contribution < 1.29 is 4.92 Å². The number of hydrogen-bond acceptors (Lipinski definition) is 6. The van der Waals surface area contributed by atoms with Crippen molar-refractivity contribution in [3.8, 4) is 0 Å². The maximum Gasteiger partial charge on any atom is 0.310 e. The Balaban J connectivity index is 1.91. The molecule has 0 spiro atoms. The second kappa shape index (κ2) is 7.15. The van der Waals surface area contributed by atoms with Crippen molar-refractivity contribution in [1.82, 2.24) is 15.3 Å². The van der Waals surface area contributed by atoms with Crippen LogP contribution in [0.5, 0.6) is 0 Å². The van der Waals surface area contributed by atoms with Gasteiger partial charge < -0.3 is 10.6 Å². The van der Waals surface area contributed by atoms with Crippen LogP contribution in [0.1, 0.15) is 24.4 Å². The average Bonchev–Trinajstić information content (AvgIpc) is 2.61. The Kier molecular flexibility index (Phi) is 4.77. The molecule has 3 heterocycles. The Labute approximate surface area is 134 Å². The average molecular weight is 313 g/mol. The van der Waals surface area contributed by atoms with Gasteiger partial charge in [-0.25, -0.2) is 0 Å². The zero-order valence-corrected chi connectivity index (χ0v) is 12.7. The number of nitrogens with one attached hydrogen (secondary N) is 2. The lowest BCUT2D eigenvalue weighted by atomic mass is 9.86. The van der Waals surface area contributed by atoms with Crippen LogP contribution in [-0.2, 0) is 0 Å². The number of piperidine rings is 1. The Morgan fingerprint density at radius 1 is 1.17 bits per heavy atom. The minimum absolute atomic E-state index is 0.000454. The van der Waals surface area contributed by atoms with E-state index in [9.17, 15) is 10.1 Å². The number of rotatable bonds is 5. The van der Waals surface area contributed by atoms with Crippen molar-refractivity contribution >= 4 is 11.4 Å². The van der Waals surface area contributed by atoms with E-state index in [-0.39, 0.29) is 11.7 Å². The monoisotopic (exact) mass is 313 g/mol. The molecule has 1 aliphatic heterocycles. The fourth-order valence-corrected chi connectivity index (χ4v) is 3.04. The molecule has 1 atom stereocenters. The minimum atomic E-state index is -0.401. The van der Waals surface area contributed by atoms with E-state index in [1.54, 1.807) is 24.7 Å². The lowest BCUT2D eigenvalue weighted by Gasteiger charge is -2.32. The molecule has 0 aromatic carbocycles. The number of nitro groups is 1. The lowest BCUT2D eigenvalue weighted by Crippen LogP contribution is -2.33. The smallest absolute Gasteiger partial charge is 0.310 e. The van der Waals surface area contributed by atoms with Gasteiger partial charge in [-0.3, -0.25) is 20.1 Å². The van der Waals surface area contributed by atoms with Gasteiger partial charge in [0, 0.05) is 18.6 Å². The van der Waals surface area contributed by atoms with Gasteiger partial charge in [-0.15, -0.1) is 0 Å². The number of anilines is 1. The summed E-state index contributed by atoms with van der Waals surface area (Å²) in [5, 5.41) is 18.0. The van der Waals surface area contributed by atoms with Crippen LogP contribution in [-0.4, -0.2) is 28.0 Å². The first kappa shape index (κ1) is 15.4. The second-order valence-electron chi connectivity index (χ2n) is 5.64. The molecule has 2 N–H and O–H groups in total. The molecule has 1 aliphatic rings. The molecule has 7 heteroatoms. The fourth-order valence-electron chi connectivity index (χ4n) is 3.04. The third-order valence-electron chi connectivity index (χ3n) is 4.23. The highest BCUT2D eigenvalue weighted by molar-refractivity contribution is 5.60. The van der Waals surface area contributed by atoms with Crippen molar-refractivity contribution in [1.29, 1.82) is 0 Å². The van der Waals surface area contributed by atoms with Crippen molar-refractivity contribution in [2.75, 3.05) is 18.4 Å². The topological polar surface area (TPSA) is 93.0 Å². The molecule has 7 nitrogen and oxygen atoms in total. The van der Waals surface area contributed by atoms with E-state index in [0.29, 0.717) is 11.6 Å². The molecule has 0 radical (unpaired) electrons. The number of aromatic nitrogens is 2. The molecule has 3 rings (SSSR count). The molecule has 120 valence electrons. The first-order valence-electron chi connectivity index (χ1n) is 7.71. The third-order valence-corrected chi connectivity index (χ3v) is 4.23. The number of hydrogen-bond donors (Lipinski definition) is 2. The molecule has 2 aromatic heterocycles. The molecule has 2 aromatic rings. The predicted molar refractivity (Wildman–Crippen MR) is 87.1 cm³/mol.